The molecule has 5 aromatic rings. The van der Waals surface area contributed by atoms with Gasteiger partial charge in [0.1, 0.15) is 16.9 Å². The van der Waals surface area contributed by atoms with E-state index in [1.165, 1.54) is 12.8 Å². The summed E-state index contributed by atoms with van der Waals surface area (Å²) in [4.78, 5) is 34.5. The van der Waals surface area contributed by atoms with E-state index in [9.17, 15) is 4.79 Å². The van der Waals surface area contributed by atoms with Gasteiger partial charge in [0, 0.05) is 61.1 Å². The van der Waals surface area contributed by atoms with Gasteiger partial charge in [0.15, 0.2) is 5.82 Å². The number of amides is 1. The number of nitrogens with zero attached hydrogens (tertiary/aromatic N) is 7. The number of hydrogen-bond donors (Lipinski definition) is 1. The van der Waals surface area contributed by atoms with Gasteiger partial charge >= 0.3 is 6.01 Å². The van der Waals surface area contributed by atoms with Crippen molar-refractivity contribution in [1.82, 2.24) is 34.0 Å². The van der Waals surface area contributed by atoms with Crippen LogP contribution in [0.5, 0.6) is 11.8 Å². The van der Waals surface area contributed by atoms with Crippen molar-refractivity contribution in [3.63, 3.8) is 0 Å². The van der Waals surface area contributed by atoms with Gasteiger partial charge in [-0.25, -0.2) is 19.9 Å². The number of carbonyl (C=O) groups is 1. The second-order valence-electron chi connectivity index (χ2n) is 12.4. The minimum atomic E-state index is -0.00195. The van der Waals surface area contributed by atoms with Gasteiger partial charge in [-0.05, 0) is 74.8 Å². The molecule has 1 saturated heterocycles. The van der Waals surface area contributed by atoms with Gasteiger partial charge in [-0.1, -0.05) is 0 Å². The van der Waals surface area contributed by atoms with Crippen molar-refractivity contribution in [2.45, 2.75) is 51.2 Å². The summed E-state index contributed by atoms with van der Waals surface area (Å²) in [7, 11) is 3.64. The van der Waals surface area contributed by atoms with Gasteiger partial charge in [-0.2, -0.15) is 0 Å². The van der Waals surface area contributed by atoms with Crippen LogP contribution in [0, 0.1) is 11.8 Å². The summed E-state index contributed by atoms with van der Waals surface area (Å²) < 4.78 is 15.6. The lowest BCUT2D eigenvalue weighted by molar-refractivity contribution is 0.0700. The zero-order valence-corrected chi connectivity index (χ0v) is 25.2. The number of methoxy groups -OCH3 is 1. The molecule has 1 aromatic carbocycles. The summed E-state index contributed by atoms with van der Waals surface area (Å²) in [5.74, 6) is 2.42. The number of nitrogens with two attached hydrogens (primary N) is 1. The predicted molar refractivity (Wildman–Crippen MR) is 166 cm³/mol. The number of imidazole rings is 1. The average molecular weight is 593 g/mol. The maximum absolute atomic E-state index is 13.7. The molecule has 4 aromatic heterocycles. The highest BCUT2D eigenvalue weighted by atomic mass is 16.5. The van der Waals surface area contributed by atoms with Gasteiger partial charge in [0.05, 0.1) is 30.6 Å². The van der Waals surface area contributed by atoms with E-state index in [-0.39, 0.29) is 18.0 Å². The number of rotatable bonds is 8. The molecule has 44 heavy (non-hydrogen) atoms. The van der Waals surface area contributed by atoms with Crippen molar-refractivity contribution in [3.05, 3.63) is 48.3 Å². The summed E-state index contributed by atoms with van der Waals surface area (Å²) in [6.45, 7) is 4.00. The Kier molecular flexibility index (Phi) is 6.33. The van der Waals surface area contributed by atoms with Crippen LogP contribution in [-0.2, 0) is 13.6 Å². The molecule has 2 saturated carbocycles. The van der Waals surface area contributed by atoms with Crippen molar-refractivity contribution in [2.24, 2.45) is 24.6 Å². The predicted octanol–water partition coefficient (Wildman–Crippen LogP) is 4.43. The fourth-order valence-corrected chi connectivity index (χ4v) is 7.14. The van der Waals surface area contributed by atoms with Gasteiger partial charge < -0.3 is 29.2 Å². The minimum Gasteiger partial charge on any atom is -0.494 e. The Bertz CT molecular complexity index is 1910. The van der Waals surface area contributed by atoms with Crippen molar-refractivity contribution < 1.29 is 14.3 Å². The van der Waals surface area contributed by atoms with E-state index in [0.29, 0.717) is 35.8 Å². The molecular formula is C33H36N8O3. The second-order valence-corrected chi connectivity index (χ2v) is 12.4. The number of ether oxygens (including phenoxy) is 2. The van der Waals surface area contributed by atoms with E-state index in [0.717, 1.165) is 70.8 Å². The molecular weight excluding hydrogens is 556 g/mol. The van der Waals surface area contributed by atoms with Crippen LogP contribution in [0.25, 0.3) is 44.8 Å². The number of piperidine rings is 1. The van der Waals surface area contributed by atoms with Crippen LogP contribution in [0.2, 0.25) is 0 Å². The first-order chi connectivity index (χ1) is 21.4. The molecule has 5 heterocycles. The van der Waals surface area contributed by atoms with E-state index in [2.05, 4.69) is 31.2 Å². The number of pyridine rings is 1. The third-order valence-electron chi connectivity index (χ3n) is 9.62. The maximum Gasteiger partial charge on any atom is 0.316 e. The Hall–Kier alpha value is -4.51. The lowest BCUT2D eigenvalue weighted by Gasteiger charge is -2.27. The van der Waals surface area contributed by atoms with E-state index in [1.807, 2.05) is 37.1 Å². The van der Waals surface area contributed by atoms with Crippen LogP contribution in [0.3, 0.4) is 0 Å². The monoisotopic (exact) mass is 592 g/mol. The standard InChI is InChI=1S/C33H36N8O3/c1-4-44-33-35-14-22(15-36-33)23-9-7-19-12-26(40(30(19)37-23)16-18-5-6-18)31-38-24-11-21(13-27(43-3)29(24)39(31)2)32(42)41-17-20-8-10-25(41)28(20)34/h7,9,11-15,18,20,25,28H,4-6,8,10,16-17,34H2,1-3H3/t20-,25-,28-/m1/s1. The fraction of sp³-hybridized carbons (Fsp3) is 0.424. The van der Waals surface area contributed by atoms with Gasteiger partial charge in [0.25, 0.3) is 5.91 Å². The number of likely N-dealkylation sites (tertiary alicyclic amines) is 1. The zero-order chi connectivity index (χ0) is 30.1. The fourth-order valence-electron chi connectivity index (χ4n) is 7.14. The highest BCUT2D eigenvalue weighted by molar-refractivity contribution is 6.00. The van der Waals surface area contributed by atoms with Gasteiger partial charge in [-0.3, -0.25) is 4.79 Å². The van der Waals surface area contributed by atoms with Crippen LogP contribution >= 0.6 is 0 Å². The number of aryl methyl sites for hydroxylation is 1. The highest BCUT2D eigenvalue weighted by Gasteiger charge is 2.47. The first-order valence-electron chi connectivity index (χ1n) is 15.5. The molecule has 11 nitrogen and oxygen atoms in total. The number of fused-ring (bicyclic) bond motifs is 4. The Morgan fingerprint density at radius 2 is 1.89 bits per heavy atom. The number of aromatic nitrogens is 6. The van der Waals surface area contributed by atoms with Crippen molar-refractivity contribution >= 4 is 28.0 Å². The van der Waals surface area contributed by atoms with Crippen molar-refractivity contribution in [1.29, 1.82) is 0 Å². The van der Waals surface area contributed by atoms with Crippen LogP contribution in [-0.4, -0.2) is 72.2 Å². The lowest BCUT2D eigenvalue weighted by atomic mass is 10.1. The lowest BCUT2D eigenvalue weighted by Crippen LogP contribution is -2.41. The first kappa shape index (κ1) is 27.1. The summed E-state index contributed by atoms with van der Waals surface area (Å²) in [5.41, 5.74) is 12.1. The summed E-state index contributed by atoms with van der Waals surface area (Å²) in [5, 5.41) is 1.03. The molecule has 2 aliphatic carbocycles. The number of hydrogen-bond acceptors (Lipinski definition) is 8. The van der Waals surface area contributed by atoms with Crippen LogP contribution in [0.4, 0.5) is 0 Å². The number of benzene rings is 1. The van der Waals surface area contributed by atoms with E-state index in [4.69, 9.17) is 25.2 Å². The molecule has 226 valence electrons. The molecule has 1 amide bonds. The van der Waals surface area contributed by atoms with Crippen LogP contribution in [0.15, 0.2) is 42.7 Å². The van der Waals surface area contributed by atoms with Crippen molar-refractivity contribution in [2.75, 3.05) is 20.3 Å². The normalized spacial score (nSPS) is 21.1. The van der Waals surface area contributed by atoms with Gasteiger partial charge in [-0.15, -0.1) is 0 Å². The maximum atomic E-state index is 13.7. The summed E-state index contributed by atoms with van der Waals surface area (Å²) in [6.07, 6.45) is 7.97. The smallest absolute Gasteiger partial charge is 0.316 e. The van der Waals surface area contributed by atoms with E-state index < -0.39 is 0 Å². The largest absolute Gasteiger partial charge is 0.494 e. The molecule has 3 atom stereocenters. The minimum absolute atomic E-state index is 0.00195. The second kappa shape index (κ2) is 10.3. The third kappa shape index (κ3) is 4.32. The zero-order valence-electron chi connectivity index (χ0n) is 25.2. The molecule has 0 spiro atoms. The Morgan fingerprint density at radius 3 is 2.57 bits per heavy atom. The number of carbonyl (C=O) groups excluding carboxylic acids is 1. The van der Waals surface area contributed by atoms with E-state index >= 15 is 0 Å². The highest BCUT2D eigenvalue weighted by Crippen LogP contribution is 2.40. The topological polar surface area (TPSA) is 126 Å². The molecule has 0 unspecified atom stereocenters. The SMILES string of the molecule is CCOc1ncc(-c2ccc3cc(-c4nc5cc(C(=O)N6C[C@H]7CC[C@@H]6[C@@H]7N)cc(OC)c5n4C)n(CC4CC4)c3n2)cn1. The Morgan fingerprint density at radius 1 is 1.07 bits per heavy atom. The Labute approximate surface area is 255 Å². The molecule has 0 radical (unpaired) electrons. The molecule has 8 rings (SSSR count). The quantitative estimate of drug-likeness (QED) is 0.281. The van der Waals surface area contributed by atoms with Crippen LogP contribution in [0.1, 0.15) is 43.0 Å². The molecule has 1 aliphatic heterocycles. The average Bonchev–Trinajstić information content (AvgIpc) is 3.45. The Balaban J connectivity index is 1.21. The molecule has 3 fully saturated rings. The van der Waals surface area contributed by atoms with Crippen LogP contribution < -0.4 is 15.2 Å². The third-order valence-corrected chi connectivity index (χ3v) is 9.62. The molecule has 11 heteroatoms. The molecule has 2 N–H and O–H groups in total. The van der Waals surface area contributed by atoms with Gasteiger partial charge in [0.2, 0.25) is 0 Å². The molecule has 2 bridgehead atoms. The van der Waals surface area contributed by atoms with E-state index in [1.54, 1.807) is 19.5 Å². The molecule has 3 aliphatic rings. The summed E-state index contributed by atoms with van der Waals surface area (Å²) >= 11 is 0. The first-order valence-corrected chi connectivity index (χ1v) is 15.5. The van der Waals surface area contributed by atoms with Crippen molar-refractivity contribution in [3.8, 4) is 34.5 Å². The summed E-state index contributed by atoms with van der Waals surface area (Å²) in [6, 6.07) is 10.5.